The summed E-state index contributed by atoms with van der Waals surface area (Å²) in [4.78, 5) is 11.4. The molecule has 0 aromatic carbocycles. The molecule has 3 nitrogen and oxygen atoms in total. The van der Waals surface area contributed by atoms with Gasteiger partial charge in [0.15, 0.2) is 9.04 Å². The Morgan fingerprint density at radius 1 is 1.44 bits per heavy atom. The third kappa shape index (κ3) is 3.90. The van der Waals surface area contributed by atoms with Gasteiger partial charge in [-0.2, -0.15) is 0 Å². The molecular weight excluding hydrogens is 218 g/mol. The molecule has 0 aliphatic carbocycles. The van der Waals surface area contributed by atoms with Crippen LogP contribution in [-0.4, -0.2) is 27.1 Å². The molecule has 0 aromatic heterocycles. The molecule has 1 amide bonds. The monoisotopic (exact) mass is 243 g/mol. The minimum Gasteiger partial charge on any atom is -0.415 e. The van der Waals surface area contributed by atoms with Crippen LogP contribution in [0.25, 0.3) is 0 Å². The first kappa shape index (κ1) is 13.7. The minimum atomic E-state index is -1.07. The van der Waals surface area contributed by atoms with Gasteiger partial charge in [0.1, 0.15) is 0 Å². The van der Waals surface area contributed by atoms with Crippen molar-refractivity contribution in [3.05, 3.63) is 0 Å². The number of piperidine rings is 1. The summed E-state index contributed by atoms with van der Waals surface area (Å²) in [6.07, 6.45) is 2.87. The molecule has 1 aliphatic heterocycles. The predicted molar refractivity (Wildman–Crippen MR) is 69.0 cm³/mol. The topological polar surface area (TPSA) is 38.3 Å². The van der Waals surface area contributed by atoms with Gasteiger partial charge >= 0.3 is 0 Å². The average molecular weight is 243 g/mol. The van der Waals surface area contributed by atoms with Crippen LogP contribution in [0, 0.1) is 5.41 Å². The number of hydrogen-bond donors (Lipinski definition) is 1. The van der Waals surface area contributed by atoms with Crippen molar-refractivity contribution in [3.8, 4) is 0 Å². The Labute approximate surface area is 101 Å². The van der Waals surface area contributed by atoms with Crippen LogP contribution >= 0.6 is 0 Å². The first-order valence-electron chi connectivity index (χ1n) is 6.25. The molecule has 1 heterocycles. The van der Waals surface area contributed by atoms with E-state index >= 15 is 0 Å². The highest BCUT2D eigenvalue weighted by Crippen LogP contribution is 2.29. The lowest BCUT2D eigenvalue weighted by Gasteiger charge is -2.40. The van der Waals surface area contributed by atoms with Crippen molar-refractivity contribution in [2.75, 3.05) is 0 Å². The van der Waals surface area contributed by atoms with E-state index in [1.807, 2.05) is 0 Å². The molecule has 4 heteroatoms. The maximum absolute atomic E-state index is 11.4. The number of nitrogens with one attached hydrogen (secondary N) is 1. The molecule has 0 aromatic rings. The number of carbonyl (C=O) groups excluding carboxylic acids is 1. The first-order valence-corrected chi connectivity index (χ1v) is 9.03. The van der Waals surface area contributed by atoms with Gasteiger partial charge < -0.3 is 9.74 Å². The van der Waals surface area contributed by atoms with Crippen LogP contribution in [0.2, 0.25) is 13.1 Å². The largest absolute Gasteiger partial charge is 0.415 e. The molecule has 0 radical (unpaired) electrons. The van der Waals surface area contributed by atoms with Crippen molar-refractivity contribution in [1.29, 1.82) is 0 Å². The highest BCUT2D eigenvalue weighted by Gasteiger charge is 2.35. The smallest absolute Gasteiger partial charge is 0.220 e. The molecule has 1 saturated heterocycles. The van der Waals surface area contributed by atoms with Crippen LogP contribution in [0.15, 0.2) is 0 Å². The fourth-order valence-corrected chi connectivity index (χ4v) is 3.44. The lowest BCUT2D eigenvalue weighted by Crippen LogP contribution is -2.53. The SMILES string of the molecule is C[SiH](C)OC([C@H]1CCCC(=O)N1)C(C)(C)C. The molecule has 94 valence electrons. The maximum Gasteiger partial charge on any atom is 0.220 e. The highest BCUT2D eigenvalue weighted by molar-refractivity contribution is 6.48. The molecule has 1 rings (SSSR count). The van der Waals surface area contributed by atoms with E-state index in [-0.39, 0.29) is 23.5 Å². The van der Waals surface area contributed by atoms with Gasteiger partial charge in [-0.05, 0) is 31.4 Å². The van der Waals surface area contributed by atoms with Crippen molar-refractivity contribution in [2.45, 2.75) is 65.3 Å². The highest BCUT2D eigenvalue weighted by atomic mass is 28.3. The second-order valence-electron chi connectivity index (χ2n) is 6.04. The van der Waals surface area contributed by atoms with Gasteiger partial charge in [-0.3, -0.25) is 4.79 Å². The first-order chi connectivity index (χ1) is 7.30. The Morgan fingerprint density at radius 3 is 2.50 bits per heavy atom. The summed E-state index contributed by atoms with van der Waals surface area (Å²) in [5.74, 6) is 0.180. The van der Waals surface area contributed by atoms with E-state index in [0.717, 1.165) is 12.8 Å². The lowest BCUT2D eigenvalue weighted by molar-refractivity contribution is -0.125. The third-order valence-corrected chi connectivity index (χ3v) is 3.74. The Bertz CT molecular complexity index is 248. The fraction of sp³-hybridized carbons (Fsp3) is 0.917. The van der Waals surface area contributed by atoms with Gasteiger partial charge in [-0.1, -0.05) is 20.8 Å². The van der Waals surface area contributed by atoms with Gasteiger partial charge in [0.05, 0.1) is 12.1 Å². The summed E-state index contributed by atoms with van der Waals surface area (Å²) in [5.41, 5.74) is 0.0898. The average Bonchev–Trinajstić information content (AvgIpc) is 2.12. The van der Waals surface area contributed by atoms with E-state index in [1.165, 1.54) is 0 Å². The molecule has 0 saturated carbocycles. The molecular formula is C12H25NO2Si. The van der Waals surface area contributed by atoms with Crippen molar-refractivity contribution < 1.29 is 9.22 Å². The number of carbonyl (C=O) groups is 1. The number of rotatable bonds is 3. The molecule has 0 spiro atoms. The lowest BCUT2D eigenvalue weighted by atomic mass is 9.82. The van der Waals surface area contributed by atoms with Crippen molar-refractivity contribution in [3.63, 3.8) is 0 Å². The van der Waals surface area contributed by atoms with Crippen LogP contribution in [-0.2, 0) is 9.22 Å². The van der Waals surface area contributed by atoms with Gasteiger partial charge in [-0.15, -0.1) is 0 Å². The Balaban J connectivity index is 2.71. The molecule has 1 fully saturated rings. The summed E-state index contributed by atoms with van der Waals surface area (Å²) < 4.78 is 6.13. The molecule has 1 unspecified atom stereocenters. The predicted octanol–water partition coefficient (Wildman–Crippen LogP) is 2.07. The van der Waals surface area contributed by atoms with Crippen molar-refractivity contribution in [1.82, 2.24) is 5.32 Å². The van der Waals surface area contributed by atoms with Crippen LogP contribution in [0.4, 0.5) is 0 Å². The van der Waals surface area contributed by atoms with Crippen LogP contribution in [0.1, 0.15) is 40.0 Å². The zero-order chi connectivity index (χ0) is 12.3. The van der Waals surface area contributed by atoms with Crippen LogP contribution in [0.3, 0.4) is 0 Å². The van der Waals surface area contributed by atoms with E-state index < -0.39 is 9.04 Å². The van der Waals surface area contributed by atoms with Crippen LogP contribution < -0.4 is 5.32 Å². The van der Waals surface area contributed by atoms with E-state index in [2.05, 4.69) is 39.2 Å². The second kappa shape index (κ2) is 5.32. The molecule has 16 heavy (non-hydrogen) atoms. The number of hydrogen-bond acceptors (Lipinski definition) is 2. The van der Waals surface area contributed by atoms with Gasteiger partial charge in [0.25, 0.3) is 0 Å². The standard InChI is InChI=1S/C12H25NO2Si/c1-12(2,3)11(15-16(4)5)9-7-6-8-10(14)13-9/h9,11,16H,6-8H2,1-5H3,(H,13,14)/t9-,11?/m1/s1. The zero-order valence-corrected chi connectivity index (χ0v) is 12.3. The summed E-state index contributed by atoms with van der Waals surface area (Å²) >= 11 is 0. The van der Waals surface area contributed by atoms with Gasteiger partial charge in [0.2, 0.25) is 5.91 Å². The molecule has 1 N–H and O–H groups in total. The van der Waals surface area contributed by atoms with E-state index in [9.17, 15) is 4.79 Å². The molecule has 1 aliphatic rings. The quantitative estimate of drug-likeness (QED) is 0.771. The Kier molecular flexibility index (Phi) is 4.56. The zero-order valence-electron chi connectivity index (χ0n) is 11.2. The molecule has 2 atom stereocenters. The second-order valence-corrected chi connectivity index (χ2v) is 8.41. The van der Waals surface area contributed by atoms with Crippen molar-refractivity contribution in [2.24, 2.45) is 5.41 Å². The Morgan fingerprint density at radius 2 is 2.06 bits per heavy atom. The maximum atomic E-state index is 11.4. The normalized spacial score (nSPS) is 24.4. The van der Waals surface area contributed by atoms with Crippen LogP contribution in [0.5, 0.6) is 0 Å². The van der Waals surface area contributed by atoms with Crippen molar-refractivity contribution >= 4 is 14.9 Å². The summed E-state index contributed by atoms with van der Waals surface area (Å²) in [7, 11) is -1.07. The minimum absolute atomic E-state index is 0.0898. The summed E-state index contributed by atoms with van der Waals surface area (Å²) in [5, 5.41) is 3.09. The van der Waals surface area contributed by atoms with Gasteiger partial charge in [-0.25, -0.2) is 0 Å². The summed E-state index contributed by atoms with van der Waals surface area (Å²) in [6, 6.07) is 0.205. The fourth-order valence-electron chi connectivity index (χ4n) is 2.26. The number of amides is 1. The van der Waals surface area contributed by atoms with E-state index in [0.29, 0.717) is 6.42 Å². The van der Waals surface area contributed by atoms with Gasteiger partial charge in [0, 0.05) is 6.42 Å². The molecule has 0 bridgehead atoms. The Hall–Kier alpha value is -0.353. The van der Waals surface area contributed by atoms with E-state index in [1.54, 1.807) is 0 Å². The summed E-state index contributed by atoms with van der Waals surface area (Å²) in [6.45, 7) is 10.9. The van der Waals surface area contributed by atoms with E-state index in [4.69, 9.17) is 4.43 Å². The third-order valence-electron chi connectivity index (χ3n) is 2.90.